The van der Waals surface area contributed by atoms with Crippen LogP contribution in [0.25, 0.3) is 0 Å². The lowest BCUT2D eigenvalue weighted by Crippen LogP contribution is -2.33. The van der Waals surface area contributed by atoms with Crippen molar-refractivity contribution in [2.45, 2.75) is 38.5 Å². The second-order valence-electron chi connectivity index (χ2n) is 7.68. The van der Waals surface area contributed by atoms with E-state index in [1.54, 1.807) is 18.2 Å². The van der Waals surface area contributed by atoms with Crippen LogP contribution in [0.5, 0.6) is 0 Å². The first-order chi connectivity index (χ1) is 13.2. The number of rotatable bonds is 10. The van der Waals surface area contributed by atoms with Gasteiger partial charge in [-0.2, -0.15) is 0 Å². The van der Waals surface area contributed by atoms with Gasteiger partial charge in [0, 0.05) is 37.3 Å². The molecule has 0 aromatic heterocycles. The summed E-state index contributed by atoms with van der Waals surface area (Å²) < 4.78 is 0. The van der Waals surface area contributed by atoms with E-state index in [0.717, 1.165) is 38.6 Å². The smallest absolute Gasteiger partial charge is 0.251 e. The average Bonchev–Trinajstić information content (AvgIpc) is 3.51. The molecule has 2 amide bonds. The van der Waals surface area contributed by atoms with Crippen LogP contribution in [0.3, 0.4) is 0 Å². The van der Waals surface area contributed by atoms with E-state index >= 15 is 0 Å². The lowest BCUT2D eigenvalue weighted by molar-refractivity contribution is -0.116. The summed E-state index contributed by atoms with van der Waals surface area (Å²) in [4.78, 5) is 26.8. The van der Waals surface area contributed by atoms with Crippen molar-refractivity contribution in [1.29, 1.82) is 0 Å². The summed E-state index contributed by atoms with van der Waals surface area (Å²) in [6, 6.07) is 7.15. The number of benzene rings is 1. The van der Waals surface area contributed by atoms with Crippen LogP contribution in [0.1, 0.15) is 48.9 Å². The minimum Gasteiger partial charge on any atom is -0.351 e. The average molecular weight is 373 g/mol. The molecule has 1 aliphatic carbocycles. The number of nitrogens with zero attached hydrogens (tertiary/aromatic N) is 1. The molecule has 2 fully saturated rings. The summed E-state index contributed by atoms with van der Waals surface area (Å²) in [6.45, 7) is 5.44. The maximum Gasteiger partial charge on any atom is 0.251 e. The Kier molecular flexibility index (Phi) is 7.66. The van der Waals surface area contributed by atoms with Crippen LogP contribution in [0.4, 0.5) is 5.69 Å². The zero-order valence-electron chi connectivity index (χ0n) is 16.1. The van der Waals surface area contributed by atoms with Gasteiger partial charge in [0.2, 0.25) is 5.91 Å². The van der Waals surface area contributed by atoms with Gasteiger partial charge in [-0.15, -0.1) is 0 Å². The number of likely N-dealkylation sites (tertiary alicyclic amines) is 1. The monoisotopic (exact) mass is 372 g/mol. The number of carbonyl (C=O) groups is 2. The molecule has 0 bridgehead atoms. The number of nitrogens with one attached hydrogen (secondary N) is 3. The van der Waals surface area contributed by atoms with Gasteiger partial charge in [-0.1, -0.05) is 12.5 Å². The van der Waals surface area contributed by atoms with Gasteiger partial charge in [-0.3, -0.25) is 9.59 Å². The molecular weight excluding hydrogens is 340 g/mol. The lowest BCUT2D eigenvalue weighted by atomic mass is 10.1. The molecule has 27 heavy (non-hydrogen) atoms. The van der Waals surface area contributed by atoms with E-state index in [0.29, 0.717) is 24.2 Å². The van der Waals surface area contributed by atoms with Crippen LogP contribution in [-0.2, 0) is 4.79 Å². The fraction of sp³-hybridized carbons (Fsp3) is 0.619. The third kappa shape index (κ3) is 7.31. The van der Waals surface area contributed by atoms with Gasteiger partial charge in [0.25, 0.3) is 5.91 Å². The summed E-state index contributed by atoms with van der Waals surface area (Å²) in [5.41, 5.74) is 1.25. The molecule has 1 aromatic rings. The minimum atomic E-state index is -0.104. The van der Waals surface area contributed by atoms with E-state index in [2.05, 4.69) is 20.9 Å². The number of carbonyl (C=O) groups excluding carboxylic acids is 2. The number of hydrogen-bond acceptors (Lipinski definition) is 4. The molecule has 2 aliphatic rings. The van der Waals surface area contributed by atoms with Crippen molar-refractivity contribution >= 4 is 17.5 Å². The normalized spacial score (nSPS) is 17.5. The van der Waals surface area contributed by atoms with Crippen LogP contribution in [-0.4, -0.2) is 56.0 Å². The Bertz CT molecular complexity index is 624. The molecule has 0 spiro atoms. The van der Waals surface area contributed by atoms with E-state index in [4.69, 9.17) is 0 Å². The molecule has 0 radical (unpaired) electrons. The Hall–Kier alpha value is -1.92. The fourth-order valence-electron chi connectivity index (χ4n) is 3.40. The molecule has 1 aliphatic heterocycles. The van der Waals surface area contributed by atoms with E-state index in [1.807, 2.05) is 6.07 Å². The van der Waals surface area contributed by atoms with Crippen molar-refractivity contribution in [1.82, 2.24) is 15.5 Å². The van der Waals surface area contributed by atoms with Crippen molar-refractivity contribution in [2.75, 3.05) is 44.6 Å². The number of piperidine rings is 1. The van der Waals surface area contributed by atoms with Gasteiger partial charge in [0.1, 0.15) is 0 Å². The van der Waals surface area contributed by atoms with Crippen LogP contribution in [0.15, 0.2) is 24.3 Å². The largest absolute Gasteiger partial charge is 0.351 e. The summed E-state index contributed by atoms with van der Waals surface area (Å²) in [6.07, 6.45) is 6.91. The van der Waals surface area contributed by atoms with E-state index in [-0.39, 0.29) is 11.8 Å². The van der Waals surface area contributed by atoms with E-state index in [9.17, 15) is 9.59 Å². The molecule has 1 heterocycles. The third-order valence-electron chi connectivity index (χ3n) is 5.23. The van der Waals surface area contributed by atoms with Gasteiger partial charge in [0.15, 0.2) is 0 Å². The number of anilines is 1. The number of hydrogen-bond donors (Lipinski definition) is 3. The predicted molar refractivity (Wildman–Crippen MR) is 108 cm³/mol. The first-order valence-corrected chi connectivity index (χ1v) is 10.3. The predicted octanol–water partition coefficient (Wildman–Crippen LogP) is 2.23. The summed E-state index contributed by atoms with van der Waals surface area (Å²) >= 11 is 0. The fourth-order valence-corrected chi connectivity index (χ4v) is 3.40. The van der Waals surface area contributed by atoms with E-state index < -0.39 is 0 Å². The van der Waals surface area contributed by atoms with E-state index in [1.165, 1.54) is 32.1 Å². The van der Waals surface area contributed by atoms with Gasteiger partial charge >= 0.3 is 0 Å². The van der Waals surface area contributed by atoms with Crippen LogP contribution in [0.2, 0.25) is 0 Å². The first-order valence-electron chi connectivity index (χ1n) is 10.3. The molecule has 3 N–H and O–H groups in total. The van der Waals surface area contributed by atoms with Gasteiger partial charge < -0.3 is 20.9 Å². The van der Waals surface area contributed by atoms with Crippen molar-refractivity contribution in [2.24, 2.45) is 5.92 Å². The Labute approximate surface area is 162 Å². The highest BCUT2D eigenvalue weighted by atomic mass is 16.2. The zero-order valence-corrected chi connectivity index (χ0v) is 16.1. The lowest BCUT2D eigenvalue weighted by Gasteiger charge is -2.25. The van der Waals surface area contributed by atoms with Gasteiger partial charge in [-0.05, 0) is 69.4 Å². The minimum absolute atomic E-state index is 0.00223. The summed E-state index contributed by atoms with van der Waals surface area (Å²) in [5.74, 6) is 0.742. The standard InChI is InChI=1S/C21H32N4O2/c26-20(9-14-25-12-2-1-3-13-25)24-19-6-4-5-18(15-19)21(27)23-11-10-22-16-17-7-8-17/h4-6,15,17,22H,1-3,7-14,16H2,(H,23,27)(H,24,26). The molecule has 6 heteroatoms. The second kappa shape index (κ2) is 10.4. The van der Waals surface area contributed by atoms with Crippen LogP contribution < -0.4 is 16.0 Å². The topological polar surface area (TPSA) is 73.5 Å². The Morgan fingerprint density at radius 1 is 1.07 bits per heavy atom. The molecule has 3 rings (SSSR count). The molecule has 1 saturated heterocycles. The maximum atomic E-state index is 12.3. The molecule has 1 saturated carbocycles. The Morgan fingerprint density at radius 2 is 1.89 bits per heavy atom. The highest BCUT2D eigenvalue weighted by Gasteiger charge is 2.20. The maximum absolute atomic E-state index is 12.3. The Morgan fingerprint density at radius 3 is 2.67 bits per heavy atom. The van der Waals surface area contributed by atoms with Gasteiger partial charge in [-0.25, -0.2) is 0 Å². The SMILES string of the molecule is O=C(CCN1CCCCC1)Nc1cccc(C(=O)NCCNCC2CC2)c1. The highest BCUT2D eigenvalue weighted by molar-refractivity contribution is 5.97. The molecule has 6 nitrogen and oxygen atoms in total. The Balaban J connectivity index is 1.37. The molecule has 1 aromatic carbocycles. The third-order valence-corrected chi connectivity index (χ3v) is 5.23. The van der Waals surface area contributed by atoms with Crippen molar-refractivity contribution < 1.29 is 9.59 Å². The molecular formula is C21H32N4O2. The van der Waals surface area contributed by atoms with Crippen LogP contribution >= 0.6 is 0 Å². The second-order valence-corrected chi connectivity index (χ2v) is 7.68. The highest BCUT2D eigenvalue weighted by Crippen LogP contribution is 2.27. The van der Waals surface area contributed by atoms with Gasteiger partial charge in [0.05, 0.1) is 0 Å². The molecule has 148 valence electrons. The zero-order chi connectivity index (χ0) is 18.9. The van der Waals surface area contributed by atoms with Crippen molar-refractivity contribution in [3.05, 3.63) is 29.8 Å². The summed E-state index contributed by atoms with van der Waals surface area (Å²) in [5, 5.41) is 9.19. The van der Waals surface area contributed by atoms with Crippen LogP contribution in [0, 0.1) is 5.92 Å². The quantitative estimate of drug-likeness (QED) is 0.551. The number of amides is 2. The molecule has 0 unspecified atom stereocenters. The van der Waals surface area contributed by atoms with Crippen molar-refractivity contribution in [3.8, 4) is 0 Å². The molecule has 0 atom stereocenters. The first kappa shape index (κ1) is 19.8. The summed E-state index contributed by atoms with van der Waals surface area (Å²) in [7, 11) is 0. The van der Waals surface area contributed by atoms with Crippen molar-refractivity contribution in [3.63, 3.8) is 0 Å².